The Balaban J connectivity index is 2.70. The number of urea groups is 1. The lowest BCUT2D eigenvalue weighted by Gasteiger charge is -2.47. The molecule has 0 heterocycles. The van der Waals surface area contributed by atoms with Gasteiger partial charge in [0.15, 0.2) is 0 Å². The van der Waals surface area contributed by atoms with Crippen molar-refractivity contribution < 1.29 is 9.59 Å². The van der Waals surface area contributed by atoms with E-state index in [1.165, 1.54) is 0 Å². The van der Waals surface area contributed by atoms with Crippen LogP contribution in [0.3, 0.4) is 0 Å². The zero-order valence-corrected chi connectivity index (χ0v) is 12.8. The Morgan fingerprint density at radius 3 is 2.45 bits per heavy atom. The minimum atomic E-state index is -0.354. The van der Waals surface area contributed by atoms with Crippen LogP contribution in [0.1, 0.15) is 52.9 Å². The highest BCUT2D eigenvalue weighted by atomic mass is 16.2. The average Bonchev–Trinajstić information content (AvgIpc) is 2.33. The number of carbonyl (C=O) groups excluding carboxylic acids is 2. The molecular weight excluding hydrogens is 256 g/mol. The molecule has 1 saturated carbocycles. The maximum atomic E-state index is 11.4. The molecule has 0 bridgehead atoms. The zero-order valence-electron chi connectivity index (χ0n) is 12.8. The van der Waals surface area contributed by atoms with Gasteiger partial charge < -0.3 is 11.1 Å². The fourth-order valence-corrected chi connectivity index (χ4v) is 3.70. The molecule has 1 rings (SSSR count). The van der Waals surface area contributed by atoms with Crippen molar-refractivity contribution in [3.8, 4) is 0 Å². The number of hydrazine groups is 1. The molecule has 0 spiro atoms. The van der Waals surface area contributed by atoms with Gasteiger partial charge in [0.1, 0.15) is 5.78 Å². The van der Waals surface area contributed by atoms with E-state index in [-0.39, 0.29) is 35.2 Å². The first-order chi connectivity index (χ1) is 9.19. The molecule has 116 valence electrons. The maximum Gasteiger partial charge on any atom is 0.329 e. The number of rotatable bonds is 5. The molecule has 0 aliphatic heterocycles. The molecule has 6 nitrogen and oxygen atoms in total. The third kappa shape index (κ3) is 5.09. The van der Waals surface area contributed by atoms with Crippen molar-refractivity contribution in [2.75, 3.05) is 6.54 Å². The second-order valence-electron chi connectivity index (χ2n) is 7.12. The summed E-state index contributed by atoms with van der Waals surface area (Å²) in [5, 5.41) is 2.90. The molecule has 2 unspecified atom stereocenters. The van der Waals surface area contributed by atoms with Crippen LogP contribution in [0.2, 0.25) is 0 Å². The summed E-state index contributed by atoms with van der Waals surface area (Å²) in [6.07, 6.45) is 4.15. The molecule has 2 amide bonds. The van der Waals surface area contributed by atoms with E-state index in [9.17, 15) is 9.59 Å². The molecule has 0 saturated heterocycles. The Morgan fingerprint density at radius 1 is 1.25 bits per heavy atom. The lowest BCUT2D eigenvalue weighted by Crippen LogP contribution is -2.51. The van der Waals surface area contributed by atoms with Crippen LogP contribution in [-0.2, 0) is 4.79 Å². The number of nitrogens with one attached hydrogen (secondary N) is 2. The van der Waals surface area contributed by atoms with E-state index in [0.29, 0.717) is 6.42 Å². The fraction of sp³-hybridized carbons (Fsp3) is 0.857. The third-order valence-corrected chi connectivity index (χ3v) is 4.14. The number of ketones is 1. The van der Waals surface area contributed by atoms with Crippen molar-refractivity contribution in [2.45, 2.75) is 58.9 Å². The molecule has 2 atom stereocenters. The molecule has 20 heavy (non-hydrogen) atoms. The van der Waals surface area contributed by atoms with E-state index in [0.717, 1.165) is 25.7 Å². The Labute approximate surface area is 121 Å². The van der Waals surface area contributed by atoms with E-state index in [4.69, 9.17) is 11.6 Å². The van der Waals surface area contributed by atoms with Gasteiger partial charge in [-0.3, -0.25) is 10.2 Å². The van der Waals surface area contributed by atoms with E-state index < -0.39 is 0 Å². The van der Waals surface area contributed by atoms with Crippen LogP contribution in [0.5, 0.6) is 0 Å². The average molecular weight is 284 g/mol. The fourth-order valence-electron chi connectivity index (χ4n) is 3.70. The standard InChI is InChI=1S/C14H28N4O2/c1-13(2)6-10(17-12(20)18-16)7-14(3,9-13)5-4-11(19)8-15/h10H,4-9,15-16H2,1-3H3,(H2,17,18,20). The van der Waals surface area contributed by atoms with Gasteiger partial charge in [-0.15, -0.1) is 0 Å². The van der Waals surface area contributed by atoms with Crippen molar-refractivity contribution >= 4 is 11.8 Å². The summed E-state index contributed by atoms with van der Waals surface area (Å²) in [5.74, 6) is 5.22. The zero-order chi connectivity index (χ0) is 15.4. The monoisotopic (exact) mass is 284 g/mol. The minimum Gasteiger partial charge on any atom is -0.334 e. The SMILES string of the molecule is CC1(C)CC(NC(=O)NN)CC(C)(CCC(=O)CN)C1. The molecule has 0 aromatic heterocycles. The Bertz CT molecular complexity index is 370. The molecular formula is C14H28N4O2. The molecule has 1 aliphatic carbocycles. The highest BCUT2D eigenvalue weighted by molar-refractivity contribution is 5.80. The Kier molecular flexibility index (Phi) is 5.53. The highest BCUT2D eigenvalue weighted by Gasteiger charge is 2.41. The van der Waals surface area contributed by atoms with Crippen LogP contribution in [0.15, 0.2) is 0 Å². The molecule has 6 heteroatoms. The van der Waals surface area contributed by atoms with Gasteiger partial charge >= 0.3 is 6.03 Å². The van der Waals surface area contributed by atoms with Gasteiger partial charge in [0.25, 0.3) is 0 Å². The first kappa shape index (κ1) is 16.9. The predicted molar refractivity (Wildman–Crippen MR) is 78.7 cm³/mol. The number of hydrogen-bond donors (Lipinski definition) is 4. The number of amides is 2. The Hall–Kier alpha value is -1.14. The van der Waals surface area contributed by atoms with Gasteiger partial charge in [-0.25, -0.2) is 10.6 Å². The highest BCUT2D eigenvalue weighted by Crippen LogP contribution is 2.48. The summed E-state index contributed by atoms with van der Waals surface area (Å²) in [5.41, 5.74) is 7.64. The van der Waals surface area contributed by atoms with Crippen molar-refractivity contribution in [3.63, 3.8) is 0 Å². The number of nitrogens with two attached hydrogens (primary N) is 2. The van der Waals surface area contributed by atoms with Crippen molar-refractivity contribution in [1.29, 1.82) is 0 Å². The maximum absolute atomic E-state index is 11.4. The predicted octanol–water partition coefficient (Wildman–Crippen LogP) is 1.05. The molecule has 0 radical (unpaired) electrons. The Morgan fingerprint density at radius 2 is 1.90 bits per heavy atom. The van der Waals surface area contributed by atoms with Crippen LogP contribution in [0.4, 0.5) is 4.79 Å². The van der Waals surface area contributed by atoms with Crippen LogP contribution in [0, 0.1) is 10.8 Å². The van der Waals surface area contributed by atoms with Gasteiger partial charge in [0.05, 0.1) is 6.54 Å². The van der Waals surface area contributed by atoms with Crippen LogP contribution < -0.4 is 22.3 Å². The topological polar surface area (TPSA) is 110 Å². The number of Topliss-reactive ketones (excluding diaryl/α,β-unsaturated/α-hetero) is 1. The normalized spacial score (nSPS) is 28.8. The van der Waals surface area contributed by atoms with Crippen molar-refractivity contribution in [3.05, 3.63) is 0 Å². The van der Waals surface area contributed by atoms with Gasteiger partial charge in [-0.2, -0.15) is 0 Å². The minimum absolute atomic E-state index is 0.0408. The summed E-state index contributed by atoms with van der Waals surface area (Å²) >= 11 is 0. The van der Waals surface area contributed by atoms with Gasteiger partial charge in [0, 0.05) is 12.5 Å². The van der Waals surface area contributed by atoms with Gasteiger partial charge in [0.2, 0.25) is 0 Å². The molecule has 0 aromatic carbocycles. The third-order valence-electron chi connectivity index (χ3n) is 4.14. The molecule has 0 aromatic rings. The van der Waals surface area contributed by atoms with E-state index in [2.05, 4.69) is 31.5 Å². The first-order valence-corrected chi connectivity index (χ1v) is 7.19. The summed E-state index contributed by atoms with van der Waals surface area (Å²) in [4.78, 5) is 22.8. The summed E-state index contributed by atoms with van der Waals surface area (Å²) < 4.78 is 0. The second-order valence-corrected chi connectivity index (χ2v) is 7.12. The van der Waals surface area contributed by atoms with E-state index in [1.807, 2.05) is 0 Å². The summed E-state index contributed by atoms with van der Waals surface area (Å²) in [7, 11) is 0. The summed E-state index contributed by atoms with van der Waals surface area (Å²) in [6.45, 7) is 6.69. The quantitative estimate of drug-likeness (QED) is 0.343. The van der Waals surface area contributed by atoms with Crippen LogP contribution >= 0.6 is 0 Å². The smallest absolute Gasteiger partial charge is 0.329 e. The largest absolute Gasteiger partial charge is 0.334 e. The molecule has 1 fully saturated rings. The van der Waals surface area contributed by atoms with E-state index >= 15 is 0 Å². The second kappa shape index (κ2) is 6.54. The number of carbonyl (C=O) groups is 2. The first-order valence-electron chi connectivity index (χ1n) is 7.19. The van der Waals surface area contributed by atoms with Gasteiger partial charge in [-0.1, -0.05) is 20.8 Å². The number of hydrogen-bond acceptors (Lipinski definition) is 4. The van der Waals surface area contributed by atoms with Crippen LogP contribution in [-0.4, -0.2) is 24.4 Å². The van der Waals surface area contributed by atoms with Crippen molar-refractivity contribution in [1.82, 2.24) is 10.7 Å². The lowest BCUT2D eigenvalue weighted by atomic mass is 9.61. The molecule has 1 aliphatic rings. The van der Waals surface area contributed by atoms with Gasteiger partial charge in [-0.05, 0) is 36.5 Å². The molecule has 6 N–H and O–H groups in total. The van der Waals surface area contributed by atoms with Crippen molar-refractivity contribution in [2.24, 2.45) is 22.4 Å². The lowest BCUT2D eigenvalue weighted by molar-refractivity contribution is -0.118. The van der Waals surface area contributed by atoms with E-state index in [1.54, 1.807) is 0 Å². The summed E-state index contributed by atoms with van der Waals surface area (Å²) in [6, 6.07) is -0.270. The van der Waals surface area contributed by atoms with Crippen LogP contribution in [0.25, 0.3) is 0 Å².